The van der Waals surface area contributed by atoms with Gasteiger partial charge in [-0.2, -0.15) is 8.78 Å². The van der Waals surface area contributed by atoms with Crippen LogP contribution in [-0.2, 0) is 6.42 Å². The molecule has 0 aromatic heterocycles. The number of aryl methyl sites for hydroxylation is 1. The zero-order valence-electron chi connectivity index (χ0n) is 17.4. The van der Waals surface area contributed by atoms with Gasteiger partial charge in [0.2, 0.25) is 0 Å². The number of fused-ring (bicyclic) bond motifs is 1. The molecule has 0 unspecified atom stereocenters. The molecule has 0 aliphatic carbocycles. The first kappa shape index (κ1) is 22.5. The van der Waals surface area contributed by atoms with Crippen LogP contribution in [0.5, 0.6) is 5.75 Å². The molecule has 1 nitrogen and oxygen atoms in total. The van der Waals surface area contributed by atoms with Gasteiger partial charge >= 0.3 is 6.61 Å². The Balaban J connectivity index is 1.65. The maximum absolute atomic E-state index is 14.9. The predicted octanol–water partition coefficient (Wildman–Crippen LogP) is 8.31. The van der Waals surface area contributed by atoms with E-state index >= 15 is 0 Å². The Kier molecular flexibility index (Phi) is 6.45. The maximum Gasteiger partial charge on any atom is 0.387 e. The Morgan fingerprint density at radius 1 is 0.727 bits per heavy atom. The van der Waals surface area contributed by atoms with E-state index in [1.54, 1.807) is 6.07 Å². The van der Waals surface area contributed by atoms with Crippen molar-refractivity contribution in [3.05, 3.63) is 102 Å². The van der Waals surface area contributed by atoms with Crippen molar-refractivity contribution < 1.29 is 26.7 Å². The minimum absolute atomic E-state index is 0.0622. The highest BCUT2D eigenvalue weighted by Crippen LogP contribution is 2.34. The van der Waals surface area contributed by atoms with Crippen molar-refractivity contribution >= 4 is 10.8 Å². The van der Waals surface area contributed by atoms with Gasteiger partial charge in [0.15, 0.2) is 17.4 Å². The normalized spacial score (nSPS) is 11.2. The fourth-order valence-corrected chi connectivity index (χ4v) is 3.74. The van der Waals surface area contributed by atoms with Gasteiger partial charge in [-0.3, -0.25) is 0 Å². The van der Waals surface area contributed by atoms with Crippen LogP contribution >= 0.6 is 0 Å². The number of hydrogen-bond acceptors (Lipinski definition) is 1. The molecule has 168 valence electrons. The molecule has 0 fully saturated rings. The average Bonchev–Trinajstić information content (AvgIpc) is 2.79. The van der Waals surface area contributed by atoms with E-state index in [2.05, 4.69) is 17.4 Å². The zero-order valence-corrected chi connectivity index (χ0v) is 17.4. The van der Waals surface area contributed by atoms with Crippen LogP contribution < -0.4 is 4.74 Å². The number of halogens is 5. The van der Waals surface area contributed by atoms with E-state index in [1.165, 1.54) is 17.7 Å². The third-order valence-electron chi connectivity index (χ3n) is 5.36. The lowest BCUT2D eigenvalue weighted by molar-refractivity contribution is -0.0546. The lowest BCUT2D eigenvalue weighted by atomic mass is 9.96. The van der Waals surface area contributed by atoms with E-state index in [0.717, 1.165) is 41.3 Å². The monoisotopic (exact) mass is 454 g/mol. The van der Waals surface area contributed by atoms with Crippen LogP contribution in [0.4, 0.5) is 22.0 Å². The molecule has 0 atom stereocenters. The second-order valence-corrected chi connectivity index (χ2v) is 7.57. The summed E-state index contributed by atoms with van der Waals surface area (Å²) in [4.78, 5) is 0. The highest BCUT2D eigenvalue weighted by atomic mass is 19.3. The molecule has 0 saturated carbocycles. The van der Waals surface area contributed by atoms with Gasteiger partial charge in [-0.1, -0.05) is 48.5 Å². The summed E-state index contributed by atoms with van der Waals surface area (Å²) in [6.07, 6.45) is 3.68. The van der Waals surface area contributed by atoms with Gasteiger partial charge in [-0.15, -0.1) is 6.58 Å². The molecule has 0 radical (unpaired) electrons. The number of hydrogen-bond donors (Lipinski definition) is 0. The van der Waals surface area contributed by atoms with Crippen molar-refractivity contribution in [1.82, 2.24) is 0 Å². The zero-order chi connectivity index (χ0) is 23.5. The molecule has 0 heterocycles. The van der Waals surface area contributed by atoms with Gasteiger partial charge in [0.25, 0.3) is 0 Å². The number of ether oxygens (including phenoxy) is 1. The molecule has 0 N–H and O–H groups in total. The fraction of sp³-hybridized carbons (Fsp3) is 0.111. The summed E-state index contributed by atoms with van der Waals surface area (Å²) in [6.45, 7) is 0.360. The van der Waals surface area contributed by atoms with Crippen molar-refractivity contribution in [1.29, 1.82) is 0 Å². The van der Waals surface area contributed by atoms with E-state index in [1.807, 2.05) is 36.4 Å². The van der Waals surface area contributed by atoms with Gasteiger partial charge in [0.05, 0.1) is 0 Å². The standard InChI is InChI=1S/C27H19F5O/c1-2-3-4-16-5-6-18-12-19(8-7-17(18)11-16)20-9-10-22(23(28)13-20)21-14-24(29)26(25(30)15-21)33-27(31)32/h2,5-15,27H,1,3-4H2. The molecule has 6 heteroatoms. The molecule has 0 spiro atoms. The van der Waals surface area contributed by atoms with Gasteiger partial charge in [0.1, 0.15) is 5.82 Å². The Bertz CT molecular complexity index is 1310. The number of allylic oxidation sites excluding steroid dienone is 1. The summed E-state index contributed by atoms with van der Waals surface area (Å²) in [5, 5.41) is 2.06. The molecular weight excluding hydrogens is 435 g/mol. The molecule has 4 aromatic rings. The van der Waals surface area contributed by atoms with Gasteiger partial charge in [-0.05, 0) is 70.1 Å². The van der Waals surface area contributed by atoms with Gasteiger partial charge < -0.3 is 4.74 Å². The summed E-state index contributed by atoms with van der Waals surface area (Å²) < 4.78 is 71.5. The molecule has 0 amide bonds. The van der Waals surface area contributed by atoms with Crippen molar-refractivity contribution in [2.24, 2.45) is 0 Å². The van der Waals surface area contributed by atoms with Crippen LogP contribution in [0.1, 0.15) is 12.0 Å². The topological polar surface area (TPSA) is 9.23 Å². The van der Waals surface area contributed by atoms with Crippen LogP contribution in [0.3, 0.4) is 0 Å². The lowest BCUT2D eigenvalue weighted by Gasteiger charge is -2.11. The SMILES string of the molecule is C=CCCc1ccc2cc(-c3ccc(-c4cc(F)c(OC(F)F)c(F)c4)c(F)c3)ccc2c1. The highest BCUT2D eigenvalue weighted by Gasteiger charge is 2.19. The van der Waals surface area contributed by atoms with E-state index in [4.69, 9.17) is 0 Å². The van der Waals surface area contributed by atoms with Crippen LogP contribution in [0, 0.1) is 17.5 Å². The smallest absolute Gasteiger partial charge is 0.387 e. The van der Waals surface area contributed by atoms with Crippen molar-refractivity contribution in [3.63, 3.8) is 0 Å². The summed E-state index contributed by atoms with van der Waals surface area (Å²) in [5.41, 5.74) is 2.39. The van der Waals surface area contributed by atoms with Crippen LogP contribution in [-0.4, -0.2) is 6.61 Å². The Morgan fingerprint density at radius 3 is 2.00 bits per heavy atom. The molecule has 4 aromatic carbocycles. The first-order valence-electron chi connectivity index (χ1n) is 10.2. The number of alkyl halides is 2. The first-order chi connectivity index (χ1) is 15.9. The molecule has 0 aliphatic heterocycles. The third-order valence-corrected chi connectivity index (χ3v) is 5.36. The van der Waals surface area contributed by atoms with E-state index in [9.17, 15) is 22.0 Å². The quantitative estimate of drug-likeness (QED) is 0.202. The number of benzene rings is 4. The lowest BCUT2D eigenvalue weighted by Crippen LogP contribution is -2.06. The molecular formula is C27H19F5O. The molecule has 0 bridgehead atoms. The summed E-state index contributed by atoms with van der Waals surface area (Å²) in [6, 6.07) is 17.8. The summed E-state index contributed by atoms with van der Waals surface area (Å²) in [7, 11) is 0. The minimum atomic E-state index is -3.38. The fourth-order valence-electron chi connectivity index (χ4n) is 3.74. The Hall–Kier alpha value is -3.67. The van der Waals surface area contributed by atoms with E-state index in [-0.39, 0.29) is 11.1 Å². The number of rotatable bonds is 7. The van der Waals surface area contributed by atoms with Gasteiger partial charge in [-0.25, -0.2) is 13.2 Å². The Labute approximate surface area is 187 Å². The van der Waals surface area contributed by atoms with Crippen molar-refractivity contribution in [2.45, 2.75) is 19.5 Å². The van der Waals surface area contributed by atoms with Gasteiger partial charge in [0, 0.05) is 5.56 Å². The molecule has 4 rings (SSSR count). The van der Waals surface area contributed by atoms with Crippen molar-refractivity contribution in [2.75, 3.05) is 0 Å². The van der Waals surface area contributed by atoms with E-state index in [0.29, 0.717) is 5.56 Å². The summed E-state index contributed by atoms with van der Waals surface area (Å²) >= 11 is 0. The second kappa shape index (κ2) is 9.45. The highest BCUT2D eigenvalue weighted by molar-refractivity contribution is 5.88. The van der Waals surface area contributed by atoms with Crippen LogP contribution in [0.2, 0.25) is 0 Å². The Morgan fingerprint density at radius 2 is 1.33 bits per heavy atom. The third kappa shape index (κ3) is 4.90. The minimum Gasteiger partial charge on any atom is -0.429 e. The van der Waals surface area contributed by atoms with Crippen molar-refractivity contribution in [3.8, 4) is 28.0 Å². The molecule has 0 saturated heterocycles. The summed E-state index contributed by atoms with van der Waals surface area (Å²) in [5.74, 6) is -4.57. The predicted molar refractivity (Wildman–Crippen MR) is 120 cm³/mol. The first-order valence-corrected chi connectivity index (χ1v) is 10.2. The molecule has 33 heavy (non-hydrogen) atoms. The van der Waals surface area contributed by atoms with E-state index < -0.39 is 29.8 Å². The van der Waals surface area contributed by atoms with Crippen LogP contribution in [0.15, 0.2) is 79.4 Å². The second-order valence-electron chi connectivity index (χ2n) is 7.57. The van der Waals surface area contributed by atoms with Crippen LogP contribution in [0.25, 0.3) is 33.0 Å². The maximum atomic E-state index is 14.9. The average molecular weight is 454 g/mol. The molecule has 0 aliphatic rings. The largest absolute Gasteiger partial charge is 0.429 e.